The van der Waals surface area contributed by atoms with Gasteiger partial charge >= 0.3 is 0 Å². The van der Waals surface area contributed by atoms with Crippen LogP contribution in [-0.2, 0) is 11.2 Å². The molecule has 0 N–H and O–H groups in total. The Labute approximate surface area is 154 Å². The minimum absolute atomic E-state index is 0.115. The Hall–Kier alpha value is -2.19. The zero-order valence-corrected chi connectivity index (χ0v) is 15.5. The van der Waals surface area contributed by atoms with E-state index in [1.165, 1.54) is 23.1 Å². The van der Waals surface area contributed by atoms with Crippen molar-refractivity contribution in [2.75, 3.05) is 6.54 Å². The topological polar surface area (TPSA) is 71.6 Å². The first kappa shape index (κ1) is 17.6. The molecular formula is C17H18N4O2S2. The van der Waals surface area contributed by atoms with Crippen LogP contribution >= 0.6 is 23.1 Å². The summed E-state index contributed by atoms with van der Waals surface area (Å²) in [5.41, 5.74) is 0. The molecule has 25 heavy (non-hydrogen) atoms. The van der Waals surface area contributed by atoms with Crippen LogP contribution in [0, 0.1) is 0 Å². The Morgan fingerprint density at radius 2 is 2.32 bits per heavy atom. The van der Waals surface area contributed by atoms with Gasteiger partial charge in [0.2, 0.25) is 5.13 Å². The van der Waals surface area contributed by atoms with E-state index in [0.29, 0.717) is 27.5 Å². The van der Waals surface area contributed by atoms with Gasteiger partial charge in [0.25, 0.3) is 5.91 Å². The van der Waals surface area contributed by atoms with Crippen molar-refractivity contribution >= 4 is 45.4 Å². The van der Waals surface area contributed by atoms with Gasteiger partial charge in [-0.3, -0.25) is 9.69 Å². The molecule has 6 nitrogen and oxygen atoms in total. The van der Waals surface area contributed by atoms with Crippen molar-refractivity contribution in [2.24, 2.45) is 4.99 Å². The highest BCUT2D eigenvalue weighted by atomic mass is 32.2. The molecule has 1 aliphatic heterocycles. The van der Waals surface area contributed by atoms with Crippen molar-refractivity contribution in [3.63, 3.8) is 0 Å². The first-order valence-electron chi connectivity index (χ1n) is 7.98. The summed E-state index contributed by atoms with van der Waals surface area (Å²) in [4.78, 5) is 19.3. The molecule has 1 amide bonds. The van der Waals surface area contributed by atoms with Crippen LogP contribution in [-0.4, -0.2) is 32.7 Å². The number of amidine groups is 1. The standard InChI is InChI=1S/C17H18N4O2S2/c1-3-5-8-14-19-20-16(25-14)18-17-21(9-4-2)15(22)13(24-17)11-12-7-6-10-23-12/h4,6-7,10-11H,2-3,5,8-9H2,1H3/b13-11+,18-17?. The number of hydrogen-bond acceptors (Lipinski definition) is 7. The number of nitrogens with zero attached hydrogens (tertiary/aromatic N) is 4. The van der Waals surface area contributed by atoms with Gasteiger partial charge in [0.15, 0.2) is 5.17 Å². The number of hydrogen-bond donors (Lipinski definition) is 0. The molecule has 0 aromatic carbocycles. The largest absolute Gasteiger partial charge is 0.465 e. The van der Waals surface area contributed by atoms with Crippen LogP contribution in [0.3, 0.4) is 0 Å². The first-order valence-corrected chi connectivity index (χ1v) is 9.61. The number of carbonyl (C=O) groups is 1. The Bertz CT molecular complexity index is 808. The lowest BCUT2D eigenvalue weighted by atomic mass is 10.3. The van der Waals surface area contributed by atoms with Crippen molar-refractivity contribution in [3.8, 4) is 0 Å². The molecule has 0 unspecified atom stereocenters. The van der Waals surface area contributed by atoms with Crippen molar-refractivity contribution in [1.29, 1.82) is 0 Å². The molecule has 1 fully saturated rings. The molecule has 3 heterocycles. The van der Waals surface area contributed by atoms with Crippen molar-refractivity contribution in [3.05, 3.63) is 46.7 Å². The van der Waals surface area contributed by atoms with Gasteiger partial charge in [-0.2, -0.15) is 4.99 Å². The van der Waals surface area contributed by atoms with Crippen molar-refractivity contribution in [1.82, 2.24) is 15.1 Å². The van der Waals surface area contributed by atoms with Gasteiger partial charge in [0.05, 0.1) is 11.2 Å². The third-order valence-electron chi connectivity index (χ3n) is 3.41. The number of aromatic nitrogens is 2. The SMILES string of the molecule is C=CCN1C(=O)/C(=C\c2ccco2)SC1=Nc1nnc(CCCC)s1. The van der Waals surface area contributed by atoms with Crippen LogP contribution in [0.15, 0.2) is 45.4 Å². The average molecular weight is 374 g/mol. The summed E-state index contributed by atoms with van der Waals surface area (Å²) in [6, 6.07) is 3.59. The second kappa shape index (κ2) is 8.26. The molecule has 130 valence electrons. The van der Waals surface area contributed by atoms with Crippen LogP contribution in [0.2, 0.25) is 0 Å². The Morgan fingerprint density at radius 3 is 3.04 bits per heavy atom. The quantitative estimate of drug-likeness (QED) is 0.535. The van der Waals surface area contributed by atoms with Crippen LogP contribution in [0.4, 0.5) is 5.13 Å². The number of amides is 1. The molecule has 1 saturated heterocycles. The maximum atomic E-state index is 12.6. The maximum absolute atomic E-state index is 12.6. The summed E-state index contributed by atoms with van der Waals surface area (Å²) in [7, 11) is 0. The minimum Gasteiger partial charge on any atom is -0.465 e. The highest BCUT2D eigenvalue weighted by Crippen LogP contribution is 2.34. The summed E-state index contributed by atoms with van der Waals surface area (Å²) >= 11 is 2.77. The lowest BCUT2D eigenvalue weighted by Gasteiger charge is -2.11. The van der Waals surface area contributed by atoms with E-state index in [9.17, 15) is 4.79 Å². The number of unbranched alkanes of at least 4 members (excludes halogenated alkanes) is 1. The van der Waals surface area contributed by atoms with Crippen LogP contribution in [0.25, 0.3) is 6.08 Å². The molecule has 0 aliphatic carbocycles. The third-order valence-corrected chi connectivity index (χ3v) is 5.29. The number of furan rings is 1. The number of aliphatic imine (C=N–C) groups is 1. The molecule has 3 rings (SSSR count). The van der Waals surface area contributed by atoms with Gasteiger partial charge in [0.1, 0.15) is 10.8 Å². The molecule has 0 spiro atoms. The van der Waals surface area contributed by atoms with E-state index < -0.39 is 0 Å². The molecule has 2 aromatic rings. The van der Waals surface area contributed by atoms with E-state index >= 15 is 0 Å². The number of thioether (sulfide) groups is 1. The fourth-order valence-electron chi connectivity index (χ4n) is 2.18. The highest BCUT2D eigenvalue weighted by molar-refractivity contribution is 8.18. The fraction of sp³-hybridized carbons (Fsp3) is 0.294. The summed E-state index contributed by atoms with van der Waals surface area (Å²) in [5, 5.41) is 10.4. The van der Waals surface area contributed by atoms with E-state index in [4.69, 9.17) is 4.42 Å². The van der Waals surface area contributed by atoms with Crippen LogP contribution < -0.4 is 0 Å². The predicted octanol–water partition coefficient (Wildman–Crippen LogP) is 4.26. The van der Waals surface area contributed by atoms with E-state index in [1.807, 2.05) is 0 Å². The lowest BCUT2D eigenvalue weighted by molar-refractivity contribution is -0.121. The van der Waals surface area contributed by atoms with Gasteiger partial charge in [0, 0.05) is 19.0 Å². The van der Waals surface area contributed by atoms with Crippen LogP contribution in [0.1, 0.15) is 30.5 Å². The smallest absolute Gasteiger partial charge is 0.267 e. The molecule has 2 aromatic heterocycles. The summed E-state index contributed by atoms with van der Waals surface area (Å²) in [6.45, 7) is 6.25. The Balaban J connectivity index is 1.84. The first-order chi connectivity index (χ1) is 12.2. The predicted molar refractivity (Wildman–Crippen MR) is 102 cm³/mol. The second-order valence-electron chi connectivity index (χ2n) is 5.31. The third kappa shape index (κ3) is 4.26. The van der Waals surface area contributed by atoms with Gasteiger partial charge < -0.3 is 4.42 Å². The number of carbonyl (C=O) groups excluding carboxylic acids is 1. The Kier molecular flexibility index (Phi) is 5.83. The molecular weight excluding hydrogens is 356 g/mol. The van der Waals surface area contributed by atoms with E-state index in [0.717, 1.165) is 24.3 Å². The minimum atomic E-state index is -0.115. The van der Waals surface area contributed by atoms with Crippen molar-refractivity contribution < 1.29 is 9.21 Å². The number of aryl methyl sites for hydroxylation is 1. The maximum Gasteiger partial charge on any atom is 0.267 e. The summed E-state index contributed by atoms with van der Waals surface area (Å²) < 4.78 is 5.29. The zero-order chi connectivity index (χ0) is 17.6. The second-order valence-corrected chi connectivity index (χ2v) is 7.36. The molecule has 0 bridgehead atoms. The van der Waals surface area contributed by atoms with Gasteiger partial charge in [-0.05, 0) is 30.3 Å². The lowest BCUT2D eigenvalue weighted by Crippen LogP contribution is -2.29. The van der Waals surface area contributed by atoms with Crippen LogP contribution in [0.5, 0.6) is 0 Å². The normalized spacial score (nSPS) is 17.8. The zero-order valence-electron chi connectivity index (χ0n) is 13.8. The van der Waals surface area contributed by atoms with E-state index in [1.54, 1.807) is 35.4 Å². The van der Waals surface area contributed by atoms with Gasteiger partial charge in [-0.25, -0.2) is 0 Å². The van der Waals surface area contributed by atoms with Gasteiger partial charge in [-0.1, -0.05) is 30.8 Å². The molecule has 0 atom stereocenters. The fourth-order valence-corrected chi connectivity index (χ4v) is 3.96. The van der Waals surface area contributed by atoms with E-state index in [-0.39, 0.29) is 5.91 Å². The summed E-state index contributed by atoms with van der Waals surface area (Å²) in [6.07, 6.45) is 8.07. The van der Waals surface area contributed by atoms with Gasteiger partial charge in [-0.15, -0.1) is 16.8 Å². The monoisotopic (exact) mass is 374 g/mol. The molecule has 0 radical (unpaired) electrons. The Morgan fingerprint density at radius 1 is 1.44 bits per heavy atom. The average Bonchev–Trinajstić information content (AvgIpc) is 3.32. The van der Waals surface area contributed by atoms with Crippen molar-refractivity contribution in [2.45, 2.75) is 26.2 Å². The molecule has 0 saturated carbocycles. The molecule has 1 aliphatic rings. The summed E-state index contributed by atoms with van der Waals surface area (Å²) in [5.74, 6) is 0.518. The highest BCUT2D eigenvalue weighted by Gasteiger charge is 2.33. The molecule has 8 heteroatoms. The number of rotatable bonds is 7. The van der Waals surface area contributed by atoms with E-state index in [2.05, 4.69) is 28.7 Å².